The highest BCUT2D eigenvalue weighted by molar-refractivity contribution is 14.1. The lowest BCUT2D eigenvalue weighted by molar-refractivity contribution is 0.0969. The van der Waals surface area contributed by atoms with Crippen LogP contribution in [0.2, 0.25) is 0 Å². The molecule has 0 atom stereocenters. The summed E-state index contributed by atoms with van der Waals surface area (Å²) in [6.07, 6.45) is 2.88. The summed E-state index contributed by atoms with van der Waals surface area (Å²) >= 11 is 1.92. The molecule has 0 saturated carbocycles. The molecule has 0 N–H and O–H groups in total. The number of nitrogens with zero attached hydrogens (tertiary/aromatic N) is 3. The van der Waals surface area contributed by atoms with Crippen LogP contribution < -0.4 is 5.56 Å². The minimum absolute atomic E-state index is 0.0208. The van der Waals surface area contributed by atoms with Gasteiger partial charge >= 0.3 is 0 Å². The number of ketones is 1. The predicted molar refractivity (Wildman–Crippen MR) is 80.4 cm³/mol. The maximum Gasteiger partial charge on any atom is 0.267 e. The molecule has 0 unspecified atom stereocenters. The van der Waals surface area contributed by atoms with Crippen LogP contribution in [0, 0.1) is 17.4 Å². The van der Waals surface area contributed by atoms with Gasteiger partial charge in [-0.1, -0.05) is 0 Å². The van der Waals surface area contributed by atoms with E-state index in [1.807, 2.05) is 54.1 Å². The summed E-state index contributed by atoms with van der Waals surface area (Å²) in [7, 11) is 1.92. The molecule has 0 aromatic carbocycles. The molecule has 0 aliphatic carbocycles. The van der Waals surface area contributed by atoms with E-state index in [0.717, 1.165) is 11.4 Å². The highest BCUT2D eigenvalue weighted by atomic mass is 127. The maximum absolute atomic E-state index is 12.3. The van der Waals surface area contributed by atoms with Crippen molar-refractivity contribution in [2.24, 2.45) is 7.05 Å². The molecule has 0 radical (unpaired) electrons. The zero-order chi connectivity index (χ0) is 14.2. The van der Waals surface area contributed by atoms with Crippen LogP contribution in [0.5, 0.6) is 0 Å². The molecule has 100 valence electrons. The average Bonchev–Trinajstić information content (AvgIpc) is 2.63. The third kappa shape index (κ3) is 2.63. The van der Waals surface area contributed by atoms with Crippen LogP contribution in [0.25, 0.3) is 0 Å². The van der Waals surface area contributed by atoms with Gasteiger partial charge in [0.15, 0.2) is 5.78 Å². The van der Waals surface area contributed by atoms with Crippen LogP contribution in [0.4, 0.5) is 0 Å². The fourth-order valence-corrected chi connectivity index (χ4v) is 2.38. The van der Waals surface area contributed by atoms with Gasteiger partial charge in [-0.25, -0.2) is 4.98 Å². The molecule has 0 bridgehead atoms. The lowest BCUT2D eigenvalue weighted by atomic mass is 10.1. The summed E-state index contributed by atoms with van der Waals surface area (Å²) < 4.78 is 3.81. The number of carbonyl (C=O) groups is 1. The molecule has 0 saturated heterocycles. The van der Waals surface area contributed by atoms with Crippen LogP contribution in [0.1, 0.15) is 21.7 Å². The number of aromatic nitrogens is 3. The van der Waals surface area contributed by atoms with E-state index in [1.165, 1.54) is 17.1 Å². The fourth-order valence-electron chi connectivity index (χ4n) is 1.91. The lowest BCUT2D eigenvalue weighted by Gasteiger charge is -2.05. The smallest absolute Gasteiger partial charge is 0.267 e. The molecule has 6 heteroatoms. The van der Waals surface area contributed by atoms with Crippen LogP contribution in [-0.2, 0) is 13.6 Å². The topological polar surface area (TPSA) is 56.9 Å². The Morgan fingerprint density at radius 3 is 2.68 bits per heavy atom. The molecule has 2 aromatic rings. The Morgan fingerprint density at radius 2 is 2.11 bits per heavy atom. The Balaban J connectivity index is 2.34. The van der Waals surface area contributed by atoms with Gasteiger partial charge in [0.25, 0.3) is 5.56 Å². The Kier molecular flexibility index (Phi) is 3.88. The second kappa shape index (κ2) is 5.28. The van der Waals surface area contributed by atoms with E-state index in [4.69, 9.17) is 0 Å². The monoisotopic (exact) mass is 371 g/mol. The minimum Gasteiger partial charge on any atom is -0.351 e. The second-order valence-corrected chi connectivity index (χ2v) is 5.60. The number of rotatable bonds is 3. The Hall–Kier alpha value is -1.44. The minimum atomic E-state index is -0.186. The molecule has 2 rings (SSSR count). The molecule has 0 aliphatic heterocycles. The van der Waals surface area contributed by atoms with Crippen molar-refractivity contribution in [3.63, 3.8) is 0 Å². The molecular weight excluding hydrogens is 357 g/mol. The average molecular weight is 371 g/mol. The van der Waals surface area contributed by atoms with Crippen molar-refractivity contribution in [3.8, 4) is 0 Å². The summed E-state index contributed by atoms with van der Waals surface area (Å²) in [5.41, 5.74) is 2.41. The van der Waals surface area contributed by atoms with Crippen molar-refractivity contribution in [1.82, 2.24) is 14.1 Å². The molecule has 19 heavy (non-hydrogen) atoms. The zero-order valence-corrected chi connectivity index (χ0v) is 13.1. The molecule has 2 heterocycles. The fraction of sp³-hybridized carbons (Fsp3) is 0.308. The van der Waals surface area contributed by atoms with Crippen molar-refractivity contribution in [3.05, 3.63) is 49.5 Å². The summed E-state index contributed by atoms with van der Waals surface area (Å²) in [5.74, 6) is -0.0768. The van der Waals surface area contributed by atoms with Gasteiger partial charge in [-0.3, -0.25) is 14.2 Å². The van der Waals surface area contributed by atoms with Crippen LogP contribution in [-0.4, -0.2) is 19.9 Å². The van der Waals surface area contributed by atoms with E-state index < -0.39 is 0 Å². The predicted octanol–water partition coefficient (Wildman–Crippen LogP) is 1.69. The van der Waals surface area contributed by atoms with E-state index >= 15 is 0 Å². The highest BCUT2D eigenvalue weighted by Crippen LogP contribution is 2.14. The SMILES string of the molecule is Cc1cc(C(=O)Cn2cncc(I)c2=O)c(C)n1C. The Bertz CT molecular complexity index is 700. The molecular formula is C13H14IN3O2. The van der Waals surface area contributed by atoms with E-state index in [2.05, 4.69) is 4.98 Å². The van der Waals surface area contributed by atoms with Gasteiger partial charge in [0.2, 0.25) is 0 Å². The molecule has 2 aromatic heterocycles. The van der Waals surface area contributed by atoms with Gasteiger partial charge < -0.3 is 4.57 Å². The summed E-state index contributed by atoms with van der Waals surface area (Å²) in [6.45, 7) is 3.87. The lowest BCUT2D eigenvalue weighted by Crippen LogP contribution is -2.26. The normalized spacial score (nSPS) is 10.7. The van der Waals surface area contributed by atoms with Gasteiger partial charge in [-0.15, -0.1) is 0 Å². The zero-order valence-electron chi connectivity index (χ0n) is 11.0. The third-order valence-corrected chi connectivity index (χ3v) is 3.99. The van der Waals surface area contributed by atoms with Crippen molar-refractivity contribution >= 4 is 28.4 Å². The van der Waals surface area contributed by atoms with Crippen LogP contribution in [0.3, 0.4) is 0 Å². The molecule has 5 nitrogen and oxygen atoms in total. The van der Waals surface area contributed by atoms with Crippen LogP contribution in [0.15, 0.2) is 23.4 Å². The Labute approximate surface area is 124 Å². The first kappa shape index (κ1) is 14.0. The number of aryl methyl sites for hydroxylation is 1. The summed E-state index contributed by atoms with van der Waals surface area (Å²) in [5, 5.41) is 0. The number of hydrogen-bond acceptors (Lipinski definition) is 3. The maximum atomic E-state index is 12.3. The first-order chi connectivity index (χ1) is 8.91. The third-order valence-electron chi connectivity index (χ3n) is 3.25. The second-order valence-electron chi connectivity index (χ2n) is 4.44. The standard InChI is InChI=1S/C13H14IN3O2/c1-8-4-10(9(2)16(8)3)12(18)6-17-7-15-5-11(14)13(17)19/h4-5,7H,6H2,1-3H3. The van der Waals surface area contributed by atoms with Gasteiger partial charge in [0.05, 0.1) is 16.4 Å². The largest absolute Gasteiger partial charge is 0.351 e. The van der Waals surface area contributed by atoms with Gasteiger partial charge in [-0.2, -0.15) is 0 Å². The number of Topliss-reactive ketones (excluding diaryl/α,β-unsaturated/α-hetero) is 1. The first-order valence-electron chi connectivity index (χ1n) is 5.78. The van der Waals surface area contributed by atoms with E-state index in [9.17, 15) is 9.59 Å². The van der Waals surface area contributed by atoms with E-state index in [0.29, 0.717) is 9.13 Å². The van der Waals surface area contributed by atoms with E-state index in [-0.39, 0.29) is 17.9 Å². The van der Waals surface area contributed by atoms with Crippen molar-refractivity contribution in [2.45, 2.75) is 20.4 Å². The Morgan fingerprint density at radius 1 is 1.42 bits per heavy atom. The number of carbonyl (C=O) groups excluding carboxylic acids is 1. The summed E-state index contributed by atoms with van der Waals surface area (Å²) in [6, 6.07) is 1.85. The summed E-state index contributed by atoms with van der Waals surface area (Å²) in [4.78, 5) is 28.0. The van der Waals surface area contributed by atoms with E-state index in [1.54, 1.807) is 0 Å². The quantitative estimate of drug-likeness (QED) is 0.610. The van der Waals surface area contributed by atoms with Crippen molar-refractivity contribution < 1.29 is 4.79 Å². The van der Waals surface area contributed by atoms with Crippen molar-refractivity contribution in [2.75, 3.05) is 0 Å². The van der Waals surface area contributed by atoms with Crippen molar-refractivity contribution in [1.29, 1.82) is 0 Å². The van der Waals surface area contributed by atoms with Gasteiger partial charge in [0.1, 0.15) is 0 Å². The van der Waals surface area contributed by atoms with Gasteiger partial charge in [-0.05, 0) is 42.5 Å². The van der Waals surface area contributed by atoms with Gasteiger partial charge in [0, 0.05) is 30.2 Å². The molecule has 0 aliphatic rings. The highest BCUT2D eigenvalue weighted by Gasteiger charge is 2.15. The number of hydrogen-bond donors (Lipinski definition) is 0. The first-order valence-corrected chi connectivity index (χ1v) is 6.85. The molecule has 0 fully saturated rings. The van der Waals surface area contributed by atoms with Crippen LogP contribution >= 0.6 is 22.6 Å². The molecule has 0 amide bonds. The number of halogens is 1. The molecule has 0 spiro atoms.